The second kappa shape index (κ2) is 4.93. The molecule has 0 aromatic carbocycles. The summed E-state index contributed by atoms with van der Waals surface area (Å²) in [5.74, 6) is 0. The smallest absolute Gasteiger partial charge is 0.0880 e. The van der Waals surface area contributed by atoms with E-state index in [0.29, 0.717) is 6.61 Å². The number of methoxy groups -OCH3 is 1. The zero-order valence-electron chi connectivity index (χ0n) is 7.79. The van der Waals surface area contributed by atoms with Crippen LogP contribution in [0.5, 0.6) is 0 Å². The first-order chi connectivity index (χ1) is 5.88. The fourth-order valence-corrected chi connectivity index (χ4v) is 1.14. The van der Waals surface area contributed by atoms with Crippen molar-refractivity contribution in [2.45, 2.75) is 32.9 Å². The Labute approximate surface area is 73.3 Å². The van der Waals surface area contributed by atoms with Crippen molar-refractivity contribution >= 4 is 0 Å². The highest BCUT2D eigenvalue weighted by Crippen LogP contribution is 2.02. The Balaban J connectivity index is 2.51. The number of aromatic nitrogens is 2. The molecule has 0 saturated heterocycles. The average molecular weight is 168 g/mol. The molecule has 0 radical (unpaired) electrons. The van der Waals surface area contributed by atoms with E-state index < -0.39 is 0 Å². The minimum absolute atomic E-state index is 0.656. The average Bonchev–Trinajstić information content (AvgIpc) is 2.50. The van der Waals surface area contributed by atoms with E-state index in [1.54, 1.807) is 7.11 Å². The standard InChI is InChI=1S/C9H16N2O/c1-3-4-7-11-9(8-12-2)5-6-10-11/h5-6H,3-4,7-8H2,1-2H3. The van der Waals surface area contributed by atoms with Gasteiger partial charge in [-0.25, -0.2) is 0 Å². The van der Waals surface area contributed by atoms with E-state index >= 15 is 0 Å². The normalized spacial score (nSPS) is 10.5. The fraction of sp³-hybridized carbons (Fsp3) is 0.667. The molecule has 0 unspecified atom stereocenters. The predicted octanol–water partition coefficient (Wildman–Crippen LogP) is 1.83. The highest BCUT2D eigenvalue weighted by atomic mass is 16.5. The van der Waals surface area contributed by atoms with Crippen LogP contribution in [0.25, 0.3) is 0 Å². The number of nitrogens with zero attached hydrogens (tertiary/aromatic N) is 2. The molecule has 1 heterocycles. The van der Waals surface area contributed by atoms with Gasteiger partial charge in [-0.3, -0.25) is 4.68 Å². The number of hydrogen-bond acceptors (Lipinski definition) is 2. The lowest BCUT2D eigenvalue weighted by Gasteiger charge is -2.04. The molecule has 0 saturated carbocycles. The zero-order chi connectivity index (χ0) is 8.81. The third kappa shape index (κ3) is 2.34. The Kier molecular flexibility index (Phi) is 3.80. The highest BCUT2D eigenvalue weighted by Gasteiger charge is 1.99. The van der Waals surface area contributed by atoms with Crippen LogP contribution >= 0.6 is 0 Å². The molecule has 1 aromatic heterocycles. The van der Waals surface area contributed by atoms with Crippen LogP contribution in [-0.4, -0.2) is 16.9 Å². The van der Waals surface area contributed by atoms with Crippen molar-refractivity contribution < 1.29 is 4.74 Å². The molecule has 0 fully saturated rings. The Morgan fingerprint density at radius 1 is 1.58 bits per heavy atom. The van der Waals surface area contributed by atoms with Crippen molar-refractivity contribution in [3.8, 4) is 0 Å². The molecule has 0 spiro atoms. The minimum Gasteiger partial charge on any atom is -0.378 e. The first-order valence-corrected chi connectivity index (χ1v) is 4.38. The van der Waals surface area contributed by atoms with Gasteiger partial charge in [0.2, 0.25) is 0 Å². The second-order valence-corrected chi connectivity index (χ2v) is 2.83. The summed E-state index contributed by atoms with van der Waals surface area (Å²) < 4.78 is 7.05. The number of unbranched alkanes of at least 4 members (excludes halogenated alkanes) is 1. The summed E-state index contributed by atoms with van der Waals surface area (Å²) in [6, 6.07) is 2.00. The van der Waals surface area contributed by atoms with E-state index in [1.807, 2.05) is 16.9 Å². The summed E-state index contributed by atoms with van der Waals surface area (Å²) in [6.45, 7) is 3.84. The molecule has 0 aliphatic heterocycles. The first kappa shape index (κ1) is 9.26. The lowest BCUT2D eigenvalue weighted by molar-refractivity contribution is 0.176. The van der Waals surface area contributed by atoms with Crippen molar-refractivity contribution in [3.63, 3.8) is 0 Å². The summed E-state index contributed by atoms with van der Waals surface area (Å²) >= 11 is 0. The van der Waals surface area contributed by atoms with Gasteiger partial charge in [0.15, 0.2) is 0 Å². The van der Waals surface area contributed by atoms with E-state index in [0.717, 1.165) is 12.2 Å². The van der Waals surface area contributed by atoms with Gasteiger partial charge in [0, 0.05) is 19.9 Å². The Hall–Kier alpha value is -0.830. The Bertz CT molecular complexity index is 220. The van der Waals surface area contributed by atoms with Crippen molar-refractivity contribution in [2.24, 2.45) is 0 Å². The summed E-state index contributed by atoms with van der Waals surface area (Å²) in [4.78, 5) is 0. The molecular formula is C9H16N2O. The van der Waals surface area contributed by atoms with Crippen molar-refractivity contribution in [2.75, 3.05) is 7.11 Å². The predicted molar refractivity (Wildman–Crippen MR) is 47.8 cm³/mol. The quantitative estimate of drug-likeness (QED) is 0.670. The van der Waals surface area contributed by atoms with Crippen molar-refractivity contribution in [1.82, 2.24) is 9.78 Å². The summed E-state index contributed by atoms with van der Waals surface area (Å²) in [5.41, 5.74) is 1.16. The van der Waals surface area contributed by atoms with Crippen molar-refractivity contribution in [3.05, 3.63) is 18.0 Å². The molecule has 1 rings (SSSR count). The van der Waals surface area contributed by atoms with Gasteiger partial charge in [-0.05, 0) is 12.5 Å². The molecule has 12 heavy (non-hydrogen) atoms. The molecule has 0 bridgehead atoms. The SMILES string of the molecule is CCCCn1nccc1COC. The van der Waals surface area contributed by atoms with Gasteiger partial charge in [-0.1, -0.05) is 13.3 Å². The van der Waals surface area contributed by atoms with Crippen LogP contribution in [0, 0.1) is 0 Å². The number of rotatable bonds is 5. The van der Waals surface area contributed by atoms with Crippen LogP contribution < -0.4 is 0 Å². The zero-order valence-corrected chi connectivity index (χ0v) is 7.79. The van der Waals surface area contributed by atoms with Crippen LogP contribution in [0.4, 0.5) is 0 Å². The van der Waals surface area contributed by atoms with Crippen LogP contribution in [0.2, 0.25) is 0 Å². The molecule has 0 atom stereocenters. The Morgan fingerprint density at radius 2 is 2.42 bits per heavy atom. The maximum absolute atomic E-state index is 5.05. The summed E-state index contributed by atoms with van der Waals surface area (Å²) in [6.07, 6.45) is 4.20. The minimum atomic E-state index is 0.656. The molecular weight excluding hydrogens is 152 g/mol. The van der Waals surface area contributed by atoms with Gasteiger partial charge in [-0.2, -0.15) is 5.10 Å². The van der Waals surface area contributed by atoms with Crippen molar-refractivity contribution in [1.29, 1.82) is 0 Å². The van der Waals surface area contributed by atoms with Crippen LogP contribution in [0.1, 0.15) is 25.5 Å². The van der Waals surface area contributed by atoms with Gasteiger partial charge < -0.3 is 4.74 Å². The molecule has 0 amide bonds. The summed E-state index contributed by atoms with van der Waals surface area (Å²) in [7, 11) is 1.71. The van der Waals surface area contributed by atoms with Gasteiger partial charge >= 0.3 is 0 Å². The molecule has 1 aromatic rings. The molecule has 0 aliphatic rings. The Morgan fingerprint density at radius 3 is 3.08 bits per heavy atom. The number of hydrogen-bond donors (Lipinski definition) is 0. The summed E-state index contributed by atoms with van der Waals surface area (Å²) in [5, 5.41) is 4.21. The van der Waals surface area contributed by atoms with E-state index in [-0.39, 0.29) is 0 Å². The maximum atomic E-state index is 5.05. The van der Waals surface area contributed by atoms with Gasteiger partial charge in [0.1, 0.15) is 0 Å². The van der Waals surface area contributed by atoms with Gasteiger partial charge in [-0.15, -0.1) is 0 Å². The second-order valence-electron chi connectivity index (χ2n) is 2.83. The van der Waals surface area contributed by atoms with Gasteiger partial charge in [0.25, 0.3) is 0 Å². The van der Waals surface area contributed by atoms with E-state index in [2.05, 4.69) is 12.0 Å². The lowest BCUT2D eigenvalue weighted by Crippen LogP contribution is -2.05. The first-order valence-electron chi connectivity index (χ1n) is 4.38. The monoisotopic (exact) mass is 168 g/mol. The highest BCUT2D eigenvalue weighted by molar-refractivity contribution is 4.98. The third-order valence-corrected chi connectivity index (χ3v) is 1.82. The third-order valence-electron chi connectivity index (χ3n) is 1.82. The topological polar surface area (TPSA) is 27.1 Å². The molecule has 0 N–H and O–H groups in total. The van der Waals surface area contributed by atoms with E-state index in [4.69, 9.17) is 4.74 Å². The lowest BCUT2D eigenvalue weighted by atomic mass is 10.3. The van der Waals surface area contributed by atoms with Gasteiger partial charge in [0.05, 0.1) is 12.3 Å². The number of aryl methyl sites for hydroxylation is 1. The molecule has 3 heteroatoms. The van der Waals surface area contributed by atoms with Crippen LogP contribution in [0.15, 0.2) is 12.3 Å². The van der Waals surface area contributed by atoms with E-state index in [9.17, 15) is 0 Å². The van der Waals surface area contributed by atoms with Crippen LogP contribution in [0.3, 0.4) is 0 Å². The van der Waals surface area contributed by atoms with Crippen LogP contribution in [-0.2, 0) is 17.9 Å². The molecule has 0 aliphatic carbocycles. The largest absolute Gasteiger partial charge is 0.378 e. The fourth-order valence-electron chi connectivity index (χ4n) is 1.14. The molecule has 3 nitrogen and oxygen atoms in total. The van der Waals surface area contributed by atoms with E-state index in [1.165, 1.54) is 12.8 Å². The number of ether oxygens (including phenoxy) is 1. The molecule has 68 valence electrons. The maximum Gasteiger partial charge on any atom is 0.0880 e.